The van der Waals surface area contributed by atoms with Crippen molar-refractivity contribution in [2.24, 2.45) is 0 Å². The van der Waals surface area contributed by atoms with Gasteiger partial charge in [-0.2, -0.15) is 0 Å². The first-order valence-electron chi connectivity index (χ1n) is 5.94. The fourth-order valence-electron chi connectivity index (χ4n) is 1.99. The highest BCUT2D eigenvalue weighted by molar-refractivity contribution is 9.10. The van der Waals surface area contributed by atoms with Crippen LogP contribution in [-0.4, -0.2) is 4.98 Å². The average Bonchev–Trinajstić information content (AvgIpc) is 2.62. The molecule has 0 saturated carbocycles. The monoisotopic (exact) mass is 324 g/mol. The summed E-state index contributed by atoms with van der Waals surface area (Å²) in [7, 11) is 0. The molecule has 0 fully saturated rings. The summed E-state index contributed by atoms with van der Waals surface area (Å²) in [5, 5.41) is 4.63. The van der Waals surface area contributed by atoms with Crippen molar-refractivity contribution in [3.05, 3.63) is 43.8 Å². The molecule has 2 aromatic rings. The standard InChI is InChI=1S/C14H17BrN2S/c1-8-5-6-13(12(15)7-8)16-9(2)14-10(3)18-11(4)17-14/h5-7,9,16H,1-4H3. The van der Waals surface area contributed by atoms with Crippen LogP contribution in [0.2, 0.25) is 0 Å². The number of aromatic nitrogens is 1. The smallest absolute Gasteiger partial charge is 0.0901 e. The van der Waals surface area contributed by atoms with Gasteiger partial charge in [-0.3, -0.25) is 0 Å². The van der Waals surface area contributed by atoms with Gasteiger partial charge in [-0.15, -0.1) is 11.3 Å². The van der Waals surface area contributed by atoms with E-state index >= 15 is 0 Å². The minimum atomic E-state index is 0.217. The van der Waals surface area contributed by atoms with E-state index in [2.05, 4.69) is 72.1 Å². The molecular weight excluding hydrogens is 308 g/mol. The minimum absolute atomic E-state index is 0.217. The average molecular weight is 325 g/mol. The number of nitrogens with zero attached hydrogens (tertiary/aromatic N) is 1. The van der Waals surface area contributed by atoms with Gasteiger partial charge in [0, 0.05) is 15.0 Å². The molecule has 0 spiro atoms. The summed E-state index contributed by atoms with van der Waals surface area (Å²) in [5.41, 5.74) is 3.50. The Hall–Kier alpha value is -0.870. The van der Waals surface area contributed by atoms with Gasteiger partial charge in [0.2, 0.25) is 0 Å². The zero-order valence-corrected chi connectivity index (χ0v) is 13.4. The van der Waals surface area contributed by atoms with Gasteiger partial charge in [-0.1, -0.05) is 6.07 Å². The van der Waals surface area contributed by atoms with Gasteiger partial charge in [0.15, 0.2) is 0 Å². The first-order valence-corrected chi connectivity index (χ1v) is 7.55. The van der Waals surface area contributed by atoms with E-state index in [1.807, 2.05) is 0 Å². The Kier molecular flexibility index (Phi) is 4.07. The molecule has 1 heterocycles. The van der Waals surface area contributed by atoms with Crippen LogP contribution >= 0.6 is 27.3 Å². The SMILES string of the molecule is Cc1ccc(NC(C)c2nc(C)sc2C)c(Br)c1. The van der Waals surface area contributed by atoms with E-state index in [-0.39, 0.29) is 6.04 Å². The Bertz CT molecular complexity index is 563. The first-order chi connectivity index (χ1) is 8.47. The number of hydrogen-bond donors (Lipinski definition) is 1. The summed E-state index contributed by atoms with van der Waals surface area (Å²) in [5.74, 6) is 0. The molecule has 0 aliphatic rings. The van der Waals surface area contributed by atoms with Crippen LogP contribution in [0.4, 0.5) is 5.69 Å². The molecule has 18 heavy (non-hydrogen) atoms. The highest BCUT2D eigenvalue weighted by atomic mass is 79.9. The van der Waals surface area contributed by atoms with E-state index < -0.39 is 0 Å². The summed E-state index contributed by atoms with van der Waals surface area (Å²) >= 11 is 5.34. The van der Waals surface area contributed by atoms with Crippen molar-refractivity contribution in [2.45, 2.75) is 33.7 Å². The number of nitrogens with one attached hydrogen (secondary N) is 1. The molecule has 0 aliphatic heterocycles. The Morgan fingerprint density at radius 2 is 2.00 bits per heavy atom. The molecule has 0 saturated heterocycles. The topological polar surface area (TPSA) is 24.9 Å². The molecule has 2 rings (SSSR count). The summed E-state index contributed by atoms with van der Waals surface area (Å²) in [6.07, 6.45) is 0. The maximum Gasteiger partial charge on any atom is 0.0901 e. The number of hydrogen-bond acceptors (Lipinski definition) is 3. The van der Waals surface area contributed by atoms with Crippen LogP contribution in [0.25, 0.3) is 0 Å². The van der Waals surface area contributed by atoms with Crippen LogP contribution in [0.15, 0.2) is 22.7 Å². The van der Waals surface area contributed by atoms with E-state index in [9.17, 15) is 0 Å². The highest BCUT2D eigenvalue weighted by Gasteiger charge is 2.13. The summed E-state index contributed by atoms with van der Waals surface area (Å²) < 4.78 is 1.10. The van der Waals surface area contributed by atoms with Crippen molar-refractivity contribution in [3.8, 4) is 0 Å². The van der Waals surface area contributed by atoms with Crippen molar-refractivity contribution < 1.29 is 0 Å². The molecule has 1 N–H and O–H groups in total. The number of anilines is 1. The quantitative estimate of drug-likeness (QED) is 0.858. The normalized spacial score (nSPS) is 12.5. The van der Waals surface area contributed by atoms with E-state index in [0.29, 0.717) is 0 Å². The molecular formula is C14H17BrN2S. The predicted octanol–water partition coefficient (Wildman–Crippen LogP) is 5.00. The van der Waals surface area contributed by atoms with Gasteiger partial charge >= 0.3 is 0 Å². The molecule has 1 aromatic carbocycles. The van der Waals surface area contributed by atoms with Crippen molar-refractivity contribution >= 4 is 33.0 Å². The summed E-state index contributed by atoms with van der Waals surface area (Å²) in [4.78, 5) is 5.88. The lowest BCUT2D eigenvalue weighted by atomic mass is 10.2. The largest absolute Gasteiger partial charge is 0.376 e. The van der Waals surface area contributed by atoms with Gasteiger partial charge < -0.3 is 5.32 Å². The maximum atomic E-state index is 4.59. The maximum absolute atomic E-state index is 4.59. The van der Waals surface area contributed by atoms with Gasteiger partial charge in [0.25, 0.3) is 0 Å². The van der Waals surface area contributed by atoms with Gasteiger partial charge in [0.1, 0.15) is 0 Å². The zero-order chi connectivity index (χ0) is 13.3. The Balaban J connectivity index is 2.21. The van der Waals surface area contributed by atoms with E-state index in [4.69, 9.17) is 0 Å². The minimum Gasteiger partial charge on any atom is -0.376 e. The molecule has 1 unspecified atom stereocenters. The molecule has 96 valence electrons. The van der Waals surface area contributed by atoms with Crippen LogP contribution in [0, 0.1) is 20.8 Å². The molecule has 2 nitrogen and oxygen atoms in total. The van der Waals surface area contributed by atoms with E-state index in [1.54, 1.807) is 11.3 Å². The first kappa shape index (κ1) is 13.6. The fraction of sp³-hybridized carbons (Fsp3) is 0.357. The summed E-state index contributed by atoms with van der Waals surface area (Å²) in [6, 6.07) is 6.55. The van der Waals surface area contributed by atoms with E-state index in [0.717, 1.165) is 20.9 Å². The Morgan fingerprint density at radius 3 is 2.56 bits per heavy atom. The Labute approximate surface area is 121 Å². The molecule has 0 radical (unpaired) electrons. The van der Waals surface area contributed by atoms with Crippen molar-refractivity contribution in [3.63, 3.8) is 0 Å². The second-order valence-electron chi connectivity index (χ2n) is 4.52. The molecule has 1 atom stereocenters. The molecule has 0 amide bonds. The van der Waals surface area contributed by atoms with Gasteiger partial charge in [-0.05, 0) is 61.3 Å². The van der Waals surface area contributed by atoms with Crippen LogP contribution < -0.4 is 5.32 Å². The van der Waals surface area contributed by atoms with Crippen molar-refractivity contribution in [2.75, 3.05) is 5.32 Å². The van der Waals surface area contributed by atoms with Gasteiger partial charge in [0.05, 0.1) is 16.7 Å². The second kappa shape index (κ2) is 5.41. The number of halogens is 1. The number of rotatable bonds is 3. The van der Waals surface area contributed by atoms with Crippen LogP contribution in [0.3, 0.4) is 0 Å². The molecule has 1 aromatic heterocycles. The zero-order valence-electron chi connectivity index (χ0n) is 11.0. The van der Waals surface area contributed by atoms with Gasteiger partial charge in [-0.25, -0.2) is 4.98 Å². The third kappa shape index (κ3) is 2.93. The predicted molar refractivity (Wildman–Crippen MR) is 82.5 cm³/mol. The third-order valence-electron chi connectivity index (χ3n) is 2.85. The van der Waals surface area contributed by atoms with Crippen LogP contribution in [-0.2, 0) is 0 Å². The molecule has 0 aliphatic carbocycles. The fourth-order valence-corrected chi connectivity index (χ4v) is 3.51. The van der Waals surface area contributed by atoms with Crippen molar-refractivity contribution in [1.82, 2.24) is 4.98 Å². The lowest BCUT2D eigenvalue weighted by Crippen LogP contribution is -2.08. The van der Waals surface area contributed by atoms with Crippen LogP contribution in [0.5, 0.6) is 0 Å². The van der Waals surface area contributed by atoms with Crippen LogP contribution in [0.1, 0.15) is 34.1 Å². The second-order valence-corrected chi connectivity index (χ2v) is 6.79. The highest BCUT2D eigenvalue weighted by Crippen LogP contribution is 2.29. The number of aryl methyl sites for hydroxylation is 3. The summed E-state index contributed by atoms with van der Waals surface area (Å²) in [6.45, 7) is 8.41. The number of benzene rings is 1. The number of thiazole rings is 1. The molecule has 4 heteroatoms. The van der Waals surface area contributed by atoms with E-state index in [1.165, 1.54) is 10.4 Å². The lowest BCUT2D eigenvalue weighted by molar-refractivity contribution is 0.836. The Morgan fingerprint density at radius 1 is 1.28 bits per heavy atom. The van der Waals surface area contributed by atoms with Crippen molar-refractivity contribution in [1.29, 1.82) is 0 Å². The lowest BCUT2D eigenvalue weighted by Gasteiger charge is -2.16. The third-order valence-corrected chi connectivity index (χ3v) is 4.40. The molecule has 0 bridgehead atoms.